The zero-order valence-corrected chi connectivity index (χ0v) is 8.30. The summed E-state index contributed by atoms with van der Waals surface area (Å²) in [6.45, 7) is 5.43. The number of nitriles is 1. The first-order chi connectivity index (χ1) is 5.59. The van der Waals surface area contributed by atoms with Crippen LogP contribution in [-0.4, -0.2) is 24.5 Å². The zero-order chi connectivity index (χ0) is 9.19. The van der Waals surface area contributed by atoms with E-state index in [1.54, 1.807) is 0 Å². The molecule has 0 aromatic carbocycles. The molecule has 0 unspecified atom stereocenters. The monoisotopic (exact) mass is 166 g/mol. The Morgan fingerprint density at radius 2 is 2.08 bits per heavy atom. The lowest BCUT2D eigenvalue weighted by Gasteiger charge is -2.21. The quantitative estimate of drug-likeness (QED) is 0.639. The summed E-state index contributed by atoms with van der Waals surface area (Å²) >= 11 is 0. The van der Waals surface area contributed by atoms with Gasteiger partial charge in [0.1, 0.15) is 0 Å². The molecule has 0 N–H and O–H groups in total. The van der Waals surface area contributed by atoms with Gasteiger partial charge in [0.2, 0.25) is 0 Å². The molecule has 1 saturated carbocycles. The summed E-state index contributed by atoms with van der Waals surface area (Å²) in [7, 11) is 2.12. The second kappa shape index (κ2) is 3.45. The summed E-state index contributed by atoms with van der Waals surface area (Å²) in [5.74, 6) is 0. The van der Waals surface area contributed by atoms with Crippen LogP contribution in [0.25, 0.3) is 0 Å². The van der Waals surface area contributed by atoms with Gasteiger partial charge in [-0.2, -0.15) is 5.26 Å². The molecule has 0 aromatic rings. The van der Waals surface area contributed by atoms with Gasteiger partial charge in [-0.25, -0.2) is 0 Å². The molecule has 2 heteroatoms. The van der Waals surface area contributed by atoms with E-state index in [9.17, 15) is 0 Å². The van der Waals surface area contributed by atoms with Gasteiger partial charge in [0, 0.05) is 6.04 Å². The predicted octanol–water partition coefficient (Wildman–Crippen LogP) is 2.02. The van der Waals surface area contributed by atoms with Gasteiger partial charge in [-0.05, 0) is 46.7 Å². The molecule has 2 nitrogen and oxygen atoms in total. The molecule has 0 amide bonds. The normalized spacial score (nSPS) is 19.7. The van der Waals surface area contributed by atoms with E-state index in [1.165, 1.54) is 0 Å². The standard InChI is InChI=1S/C10H18N2/c1-9(2)12(3)7-6-10(8-11)4-5-10/h9H,4-7H2,1-3H3. The van der Waals surface area contributed by atoms with Gasteiger partial charge in [-0.15, -0.1) is 0 Å². The minimum Gasteiger partial charge on any atom is -0.304 e. The maximum atomic E-state index is 8.84. The number of hydrogen-bond donors (Lipinski definition) is 0. The van der Waals surface area contributed by atoms with Crippen molar-refractivity contribution in [1.29, 1.82) is 5.26 Å². The highest BCUT2D eigenvalue weighted by molar-refractivity contribution is 5.09. The second-order valence-corrected chi connectivity index (χ2v) is 4.22. The summed E-state index contributed by atoms with van der Waals surface area (Å²) < 4.78 is 0. The summed E-state index contributed by atoms with van der Waals surface area (Å²) in [5, 5.41) is 8.84. The minimum absolute atomic E-state index is 0.0726. The van der Waals surface area contributed by atoms with Crippen LogP contribution in [0.5, 0.6) is 0 Å². The van der Waals surface area contributed by atoms with E-state index in [1.807, 2.05) is 0 Å². The highest BCUT2D eigenvalue weighted by Crippen LogP contribution is 2.47. The van der Waals surface area contributed by atoms with Crippen LogP contribution in [0, 0.1) is 16.7 Å². The van der Waals surface area contributed by atoms with Crippen LogP contribution in [0.2, 0.25) is 0 Å². The molecule has 1 fully saturated rings. The van der Waals surface area contributed by atoms with Crippen LogP contribution < -0.4 is 0 Å². The molecule has 68 valence electrons. The molecule has 1 aliphatic carbocycles. The molecule has 0 spiro atoms. The summed E-state index contributed by atoms with van der Waals surface area (Å²) in [6, 6.07) is 3.02. The average molecular weight is 166 g/mol. The Hall–Kier alpha value is -0.550. The molecular formula is C10H18N2. The van der Waals surface area contributed by atoms with Crippen molar-refractivity contribution in [2.75, 3.05) is 13.6 Å². The van der Waals surface area contributed by atoms with E-state index >= 15 is 0 Å². The van der Waals surface area contributed by atoms with Gasteiger partial charge in [0.05, 0.1) is 11.5 Å². The average Bonchev–Trinajstić information content (AvgIpc) is 2.81. The zero-order valence-electron chi connectivity index (χ0n) is 8.30. The van der Waals surface area contributed by atoms with Crippen LogP contribution in [-0.2, 0) is 0 Å². The highest BCUT2D eigenvalue weighted by Gasteiger charge is 2.42. The molecule has 0 aliphatic heterocycles. The predicted molar refractivity (Wildman–Crippen MR) is 49.7 cm³/mol. The fourth-order valence-electron chi connectivity index (χ4n) is 1.22. The van der Waals surface area contributed by atoms with Gasteiger partial charge in [0.25, 0.3) is 0 Å². The Morgan fingerprint density at radius 1 is 1.50 bits per heavy atom. The minimum atomic E-state index is 0.0726. The second-order valence-electron chi connectivity index (χ2n) is 4.22. The Balaban J connectivity index is 2.22. The van der Waals surface area contributed by atoms with Crippen molar-refractivity contribution < 1.29 is 0 Å². The van der Waals surface area contributed by atoms with Gasteiger partial charge in [0.15, 0.2) is 0 Å². The van der Waals surface area contributed by atoms with Crippen molar-refractivity contribution in [3.8, 4) is 6.07 Å². The van der Waals surface area contributed by atoms with Crippen molar-refractivity contribution in [3.05, 3.63) is 0 Å². The Labute approximate surface area is 75.2 Å². The lowest BCUT2D eigenvalue weighted by atomic mass is 10.0. The summed E-state index contributed by atoms with van der Waals surface area (Å²) in [5.41, 5.74) is 0.0726. The van der Waals surface area contributed by atoms with Crippen LogP contribution in [0.4, 0.5) is 0 Å². The topological polar surface area (TPSA) is 27.0 Å². The first-order valence-corrected chi connectivity index (χ1v) is 4.71. The molecule has 0 saturated heterocycles. The maximum Gasteiger partial charge on any atom is 0.0690 e. The maximum absolute atomic E-state index is 8.84. The van der Waals surface area contributed by atoms with E-state index in [-0.39, 0.29) is 5.41 Å². The third-order valence-electron chi connectivity index (χ3n) is 2.92. The van der Waals surface area contributed by atoms with E-state index in [2.05, 4.69) is 31.9 Å². The Bertz CT molecular complexity index is 187. The third-order valence-corrected chi connectivity index (χ3v) is 2.92. The van der Waals surface area contributed by atoms with Crippen LogP contribution in [0.3, 0.4) is 0 Å². The number of hydrogen-bond acceptors (Lipinski definition) is 2. The van der Waals surface area contributed by atoms with Crippen molar-refractivity contribution in [2.24, 2.45) is 5.41 Å². The van der Waals surface area contributed by atoms with Gasteiger partial charge in [-0.3, -0.25) is 0 Å². The van der Waals surface area contributed by atoms with Crippen LogP contribution >= 0.6 is 0 Å². The van der Waals surface area contributed by atoms with E-state index < -0.39 is 0 Å². The van der Waals surface area contributed by atoms with Crippen LogP contribution in [0.1, 0.15) is 33.1 Å². The van der Waals surface area contributed by atoms with Gasteiger partial charge < -0.3 is 4.90 Å². The first kappa shape index (κ1) is 9.54. The number of nitrogens with zero attached hydrogens (tertiary/aromatic N) is 2. The van der Waals surface area contributed by atoms with Gasteiger partial charge >= 0.3 is 0 Å². The van der Waals surface area contributed by atoms with Crippen molar-refractivity contribution >= 4 is 0 Å². The number of rotatable bonds is 4. The fraction of sp³-hybridized carbons (Fsp3) is 0.900. The molecule has 0 aromatic heterocycles. The molecular weight excluding hydrogens is 148 g/mol. The molecule has 1 rings (SSSR count). The SMILES string of the molecule is CC(C)N(C)CCC1(C#N)CC1. The molecule has 0 bridgehead atoms. The fourth-order valence-corrected chi connectivity index (χ4v) is 1.22. The van der Waals surface area contributed by atoms with Crippen molar-refractivity contribution in [1.82, 2.24) is 4.90 Å². The van der Waals surface area contributed by atoms with Crippen LogP contribution in [0.15, 0.2) is 0 Å². The largest absolute Gasteiger partial charge is 0.304 e. The highest BCUT2D eigenvalue weighted by atomic mass is 15.1. The lowest BCUT2D eigenvalue weighted by Crippen LogP contribution is -2.28. The summed E-state index contributed by atoms with van der Waals surface area (Å²) in [4.78, 5) is 2.30. The van der Waals surface area contributed by atoms with Crippen molar-refractivity contribution in [3.63, 3.8) is 0 Å². The molecule has 0 atom stereocenters. The Kier molecular flexibility index (Phi) is 2.74. The van der Waals surface area contributed by atoms with E-state index in [0.717, 1.165) is 25.8 Å². The molecule has 1 aliphatic rings. The molecule has 12 heavy (non-hydrogen) atoms. The van der Waals surface area contributed by atoms with Gasteiger partial charge in [-0.1, -0.05) is 0 Å². The molecule has 0 radical (unpaired) electrons. The lowest BCUT2D eigenvalue weighted by molar-refractivity contribution is 0.257. The smallest absolute Gasteiger partial charge is 0.0690 e. The van der Waals surface area contributed by atoms with Crippen molar-refractivity contribution in [2.45, 2.75) is 39.2 Å². The first-order valence-electron chi connectivity index (χ1n) is 4.71. The Morgan fingerprint density at radius 3 is 2.42 bits per heavy atom. The van der Waals surface area contributed by atoms with E-state index in [0.29, 0.717) is 6.04 Å². The summed E-state index contributed by atoms with van der Waals surface area (Å²) in [6.07, 6.45) is 3.29. The third kappa shape index (κ3) is 2.22. The molecule has 0 heterocycles. The van der Waals surface area contributed by atoms with E-state index in [4.69, 9.17) is 5.26 Å².